The number of hydrogen-bond acceptors (Lipinski definition) is 1. The van der Waals surface area contributed by atoms with E-state index in [2.05, 4.69) is 43.1 Å². The summed E-state index contributed by atoms with van der Waals surface area (Å²) in [5.41, 5.74) is 1.24. The summed E-state index contributed by atoms with van der Waals surface area (Å²) in [6, 6.07) is 10.7. The first-order valence-corrected chi connectivity index (χ1v) is 4.90. The van der Waals surface area contributed by atoms with E-state index in [1.807, 2.05) is 24.3 Å². The van der Waals surface area contributed by atoms with Crippen LogP contribution in [0.25, 0.3) is 6.08 Å². The molecule has 0 aliphatic rings. The Labute approximate surface area is 86.2 Å². The molecule has 0 aliphatic carbocycles. The molecule has 1 aromatic carbocycles. The fourth-order valence-electron chi connectivity index (χ4n) is 1.16. The maximum atomic E-state index is 3.66. The fourth-order valence-corrected chi connectivity index (χ4v) is 1.16. The van der Waals surface area contributed by atoms with Crippen molar-refractivity contribution in [1.29, 1.82) is 0 Å². The molecule has 0 bridgehead atoms. The molecule has 0 spiro atoms. The van der Waals surface area contributed by atoms with Gasteiger partial charge in [-0.2, -0.15) is 0 Å². The molecule has 1 rings (SSSR count). The van der Waals surface area contributed by atoms with Crippen LogP contribution in [0.5, 0.6) is 0 Å². The van der Waals surface area contributed by atoms with E-state index in [4.69, 9.17) is 0 Å². The van der Waals surface area contributed by atoms with Gasteiger partial charge in [0.05, 0.1) is 0 Å². The number of nitrogens with one attached hydrogen (secondary N) is 1. The minimum atomic E-state index is 0.383. The van der Waals surface area contributed by atoms with Crippen LogP contribution < -0.4 is 5.32 Å². The smallest absolute Gasteiger partial charge is 0.0227 e. The van der Waals surface area contributed by atoms with Gasteiger partial charge >= 0.3 is 0 Å². The molecule has 0 radical (unpaired) electrons. The van der Waals surface area contributed by atoms with Gasteiger partial charge in [0.25, 0.3) is 0 Å². The molecular formula is C13H17N. The third-order valence-electron chi connectivity index (χ3n) is 1.96. The molecule has 1 nitrogen and oxygen atoms in total. The fraction of sp³-hybridized carbons (Fsp3) is 0.231. The first-order valence-electron chi connectivity index (χ1n) is 4.90. The van der Waals surface area contributed by atoms with Crippen molar-refractivity contribution < 1.29 is 0 Å². The monoisotopic (exact) mass is 187 g/mol. The van der Waals surface area contributed by atoms with Crippen LogP contribution in [0.1, 0.15) is 12.5 Å². The van der Waals surface area contributed by atoms with Crippen LogP contribution in [0.4, 0.5) is 0 Å². The van der Waals surface area contributed by atoms with Gasteiger partial charge in [0.2, 0.25) is 0 Å². The lowest BCUT2D eigenvalue weighted by molar-refractivity contribution is 0.688. The minimum Gasteiger partial charge on any atom is -0.307 e. The Morgan fingerprint density at radius 2 is 2.07 bits per heavy atom. The Morgan fingerprint density at radius 3 is 2.71 bits per heavy atom. The van der Waals surface area contributed by atoms with Crippen molar-refractivity contribution in [2.24, 2.45) is 0 Å². The van der Waals surface area contributed by atoms with E-state index in [9.17, 15) is 0 Å². The minimum absolute atomic E-state index is 0.383. The summed E-state index contributed by atoms with van der Waals surface area (Å²) in [5.74, 6) is 0. The molecule has 1 atom stereocenters. The average molecular weight is 187 g/mol. The molecule has 1 heteroatoms. The average Bonchev–Trinajstić information content (AvgIpc) is 2.25. The highest BCUT2D eigenvalue weighted by Gasteiger charge is 1.91. The van der Waals surface area contributed by atoms with Crippen LogP contribution in [-0.4, -0.2) is 12.6 Å². The third-order valence-corrected chi connectivity index (χ3v) is 1.96. The van der Waals surface area contributed by atoms with Crippen molar-refractivity contribution in [1.82, 2.24) is 5.32 Å². The summed E-state index contributed by atoms with van der Waals surface area (Å²) in [4.78, 5) is 0. The van der Waals surface area contributed by atoms with Crippen molar-refractivity contribution in [2.75, 3.05) is 6.54 Å². The van der Waals surface area contributed by atoms with E-state index >= 15 is 0 Å². The molecule has 0 heterocycles. The zero-order valence-corrected chi connectivity index (χ0v) is 8.61. The van der Waals surface area contributed by atoms with Gasteiger partial charge in [0.1, 0.15) is 0 Å². The predicted molar refractivity (Wildman–Crippen MR) is 63.1 cm³/mol. The second-order valence-corrected chi connectivity index (χ2v) is 3.26. The topological polar surface area (TPSA) is 12.0 Å². The maximum absolute atomic E-state index is 3.66. The summed E-state index contributed by atoms with van der Waals surface area (Å²) in [7, 11) is 0. The van der Waals surface area contributed by atoms with Crippen molar-refractivity contribution in [3.05, 3.63) is 54.6 Å². The lowest BCUT2D eigenvalue weighted by Gasteiger charge is -2.05. The summed E-state index contributed by atoms with van der Waals surface area (Å²) < 4.78 is 0. The van der Waals surface area contributed by atoms with Gasteiger partial charge in [0, 0.05) is 12.6 Å². The molecule has 0 saturated heterocycles. The van der Waals surface area contributed by atoms with Crippen molar-refractivity contribution in [3.8, 4) is 0 Å². The SMILES string of the molecule is C=CCNC(C)C=Cc1ccccc1. The zero-order chi connectivity index (χ0) is 10.2. The van der Waals surface area contributed by atoms with Crippen LogP contribution in [0.3, 0.4) is 0 Å². The Balaban J connectivity index is 2.43. The number of rotatable bonds is 5. The van der Waals surface area contributed by atoms with Crippen molar-refractivity contribution in [3.63, 3.8) is 0 Å². The third kappa shape index (κ3) is 4.06. The first kappa shape index (κ1) is 10.7. The van der Waals surface area contributed by atoms with E-state index < -0.39 is 0 Å². The molecule has 0 aromatic heterocycles. The number of hydrogen-bond donors (Lipinski definition) is 1. The highest BCUT2D eigenvalue weighted by Crippen LogP contribution is 2.01. The van der Waals surface area contributed by atoms with Gasteiger partial charge in [0.15, 0.2) is 0 Å². The summed E-state index contributed by atoms with van der Waals surface area (Å²) in [6.45, 7) is 6.64. The maximum Gasteiger partial charge on any atom is 0.0227 e. The molecule has 1 unspecified atom stereocenters. The van der Waals surface area contributed by atoms with Crippen LogP contribution in [0.15, 0.2) is 49.1 Å². The number of benzene rings is 1. The zero-order valence-electron chi connectivity index (χ0n) is 8.61. The van der Waals surface area contributed by atoms with Crippen LogP contribution in [0, 0.1) is 0 Å². The van der Waals surface area contributed by atoms with Crippen molar-refractivity contribution in [2.45, 2.75) is 13.0 Å². The largest absolute Gasteiger partial charge is 0.307 e. The first-order chi connectivity index (χ1) is 6.83. The highest BCUT2D eigenvalue weighted by atomic mass is 14.9. The van der Waals surface area contributed by atoms with Crippen LogP contribution >= 0.6 is 0 Å². The highest BCUT2D eigenvalue weighted by molar-refractivity contribution is 5.49. The molecule has 74 valence electrons. The van der Waals surface area contributed by atoms with E-state index in [0.29, 0.717) is 6.04 Å². The molecule has 0 amide bonds. The van der Waals surface area contributed by atoms with Crippen LogP contribution in [-0.2, 0) is 0 Å². The molecule has 1 N–H and O–H groups in total. The normalized spacial score (nSPS) is 12.9. The van der Waals surface area contributed by atoms with E-state index in [1.165, 1.54) is 5.56 Å². The Kier molecular flexibility index (Phi) is 4.73. The van der Waals surface area contributed by atoms with Gasteiger partial charge in [-0.1, -0.05) is 48.6 Å². The standard InChI is InChI=1S/C13H17N/c1-3-11-14-12(2)9-10-13-7-5-4-6-8-13/h3-10,12,14H,1,11H2,2H3. The second-order valence-electron chi connectivity index (χ2n) is 3.26. The molecule has 1 aromatic rings. The Hall–Kier alpha value is -1.34. The predicted octanol–water partition coefficient (Wildman–Crippen LogP) is 2.86. The van der Waals surface area contributed by atoms with Gasteiger partial charge in [-0.3, -0.25) is 0 Å². The molecule has 0 aliphatic heterocycles. The van der Waals surface area contributed by atoms with Crippen molar-refractivity contribution >= 4 is 6.08 Å². The quantitative estimate of drug-likeness (QED) is 0.699. The molecular weight excluding hydrogens is 170 g/mol. The molecule has 0 saturated carbocycles. The van der Waals surface area contributed by atoms with Gasteiger partial charge in [-0.15, -0.1) is 6.58 Å². The summed E-state index contributed by atoms with van der Waals surface area (Å²) >= 11 is 0. The van der Waals surface area contributed by atoms with Gasteiger partial charge in [-0.05, 0) is 12.5 Å². The van der Waals surface area contributed by atoms with E-state index in [-0.39, 0.29) is 0 Å². The lowest BCUT2D eigenvalue weighted by atomic mass is 10.2. The van der Waals surface area contributed by atoms with Crippen LogP contribution in [0.2, 0.25) is 0 Å². The van der Waals surface area contributed by atoms with E-state index in [1.54, 1.807) is 0 Å². The summed E-state index contributed by atoms with van der Waals surface area (Å²) in [6.07, 6.45) is 6.15. The van der Waals surface area contributed by atoms with E-state index in [0.717, 1.165) is 6.54 Å². The van der Waals surface area contributed by atoms with Gasteiger partial charge in [-0.25, -0.2) is 0 Å². The molecule has 14 heavy (non-hydrogen) atoms. The van der Waals surface area contributed by atoms with Gasteiger partial charge < -0.3 is 5.32 Å². The lowest BCUT2D eigenvalue weighted by Crippen LogP contribution is -2.23. The summed E-state index contributed by atoms with van der Waals surface area (Å²) in [5, 5.41) is 3.30. The second kappa shape index (κ2) is 6.17. The Morgan fingerprint density at radius 1 is 1.36 bits per heavy atom. The molecule has 0 fully saturated rings. The Bertz CT molecular complexity index is 287.